The predicted octanol–water partition coefficient (Wildman–Crippen LogP) is 4.38. The largest absolute Gasteiger partial charge is 0.481 e. The normalized spacial score (nSPS) is 17.0. The molecule has 0 saturated carbocycles. The molecular weight excluding hydrogens is 459 g/mol. The van der Waals surface area contributed by atoms with Gasteiger partial charge in [0.05, 0.1) is 10.5 Å². The van der Waals surface area contributed by atoms with E-state index < -0.39 is 11.9 Å². The predicted molar refractivity (Wildman–Crippen MR) is 125 cm³/mol. The van der Waals surface area contributed by atoms with Crippen molar-refractivity contribution in [2.75, 3.05) is 13.1 Å². The van der Waals surface area contributed by atoms with E-state index in [9.17, 15) is 9.18 Å². The molecule has 8 nitrogen and oxygen atoms in total. The second-order valence-corrected chi connectivity index (χ2v) is 8.72. The van der Waals surface area contributed by atoms with Crippen LogP contribution < -0.4 is 4.74 Å². The Morgan fingerprint density at radius 2 is 2.12 bits per heavy atom. The summed E-state index contributed by atoms with van der Waals surface area (Å²) in [7, 11) is 0. The van der Waals surface area contributed by atoms with Gasteiger partial charge in [0.15, 0.2) is 11.9 Å². The number of pyridine rings is 1. The molecule has 1 amide bonds. The van der Waals surface area contributed by atoms with Crippen LogP contribution in [0.5, 0.6) is 5.75 Å². The van der Waals surface area contributed by atoms with Crippen LogP contribution in [0, 0.1) is 5.82 Å². The average Bonchev–Trinajstić information content (AvgIpc) is 3.38. The van der Waals surface area contributed by atoms with Gasteiger partial charge in [-0.15, -0.1) is 10.2 Å². The average molecular weight is 481 g/mol. The van der Waals surface area contributed by atoms with Crippen LogP contribution in [0.1, 0.15) is 31.5 Å². The van der Waals surface area contributed by atoms with Gasteiger partial charge in [0.25, 0.3) is 5.91 Å². The maximum Gasteiger partial charge on any atom is 0.263 e. The number of benzene rings is 2. The third-order valence-corrected chi connectivity index (χ3v) is 6.37. The SMILES string of the molecule is CC(Oc1ccc2c(-c3ccc(F)cc3Cl)ccnc2c1)C(=O)N1CCC[C@H](c2nn[nH]n2)C1. The van der Waals surface area contributed by atoms with Crippen LogP contribution in [0.25, 0.3) is 22.0 Å². The van der Waals surface area contributed by atoms with E-state index in [1.807, 2.05) is 12.1 Å². The molecule has 1 N–H and O–H groups in total. The number of hydrogen-bond acceptors (Lipinski definition) is 6. The van der Waals surface area contributed by atoms with E-state index in [4.69, 9.17) is 16.3 Å². The number of nitrogens with zero attached hydrogens (tertiary/aromatic N) is 5. The molecular formula is C24H22ClFN6O2. The zero-order valence-corrected chi connectivity index (χ0v) is 19.2. The second kappa shape index (κ2) is 9.34. The van der Waals surface area contributed by atoms with E-state index >= 15 is 0 Å². The summed E-state index contributed by atoms with van der Waals surface area (Å²) in [4.78, 5) is 19.3. The van der Waals surface area contributed by atoms with E-state index in [0.717, 1.165) is 23.8 Å². The molecule has 5 rings (SSSR count). The first-order valence-electron chi connectivity index (χ1n) is 11.0. The number of rotatable bonds is 5. The Morgan fingerprint density at radius 3 is 2.91 bits per heavy atom. The molecule has 1 aliphatic heterocycles. The number of carbonyl (C=O) groups excluding carboxylic acids is 1. The fourth-order valence-corrected chi connectivity index (χ4v) is 4.66. The van der Waals surface area contributed by atoms with Crippen molar-refractivity contribution in [3.8, 4) is 16.9 Å². The van der Waals surface area contributed by atoms with E-state index in [1.165, 1.54) is 12.1 Å². The van der Waals surface area contributed by atoms with Crippen LogP contribution in [0.2, 0.25) is 5.02 Å². The van der Waals surface area contributed by atoms with Gasteiger partial charge in [-0.25, -0.2) is 4.39 Å². The van der Waals surface area contributed by atoms with Crippen molar-refractivity contribution in [2.24, 2.45) is 0 Å². The number of hydrogen-bond donors (Lipinski definition) is 1. The number of amides is 1. The van der Waals surface area contributed by atoms with Crippen molar-refractivity contribution >= 4 is 28.4 Å². The minimum atomic E-state index is -0.670. The number of tetrazole rings is 1. The van der Waals surface area contributed by atoms with Crippen LogP contribution in [0.4, 0.5) is 4.39 Å². The first kappa shape index (κ1) is 22.2. The first-order valence-corrected chi connectivity index (χ1v) is 11.4. The van der Waals surface area contributed by atoms with Crippen LogP contribution >= 0.6 is 11.6 Å². The fraction of sp³-hybridized carbons (Fsp3) is 0.292. The minimum Gasteiger partial charge on any atom is -0.481 e. The molecule has 174 valence electrons. The Morgan fingerprint density at radius 1 is 1.24 bits per heavy atom. The molecule has 34 heavy (non-hydrogen) atoms. The standard InChI is InChI=1S/C24H22ClFN6O2/c1-14(24(33)32-10-2-3-15(13-32)23-28-30-31-29-23)34-17-5-7-20-18(8-9-27-22(20)12-17)19-6-4-16(26)11-21(19)25/h4-9,11-12,14-15H,2-3,10,13H2,1H3,(H,28,29,30,31)/t14?,15-/m0/s1. The monoisotopic (exact) mass is 480 g/mol. The number of halogens is 2. The van der Waals surface area contributed by atoms with Crippen molar-refractivity contribution in [1.29, 1.82) is 0 Å². The Labute approximate surface area is 200 Å². The Kier molecular flexibility index (Phi) is 6.10. The van der Waals surface area contributed by atoms with E-state index in [2.05, 4.69) is 25.6 Å². The fourth-order valence-electron chi connectivity index (χ4n) is 4.39. The van der Waals surface area contributed by atoms with Gasteiger partial charge in [-0.1, -0.05) is 16.8 Å². The lowest BCUT2D eigenvalue weighted by Gasteiger charge is -2.33. The maximum atomic E-state index is 13.5. The number of nitrogens with one attached hydrogen (secondary N) is 1. The summed E-state index contributed by atoms with van der Waals surface area (Å²) < 4.78 is 19.5. The van der Waals surface area contributed by atoms with Crippen molar-refractivity contribution in [2.45, 2.75) is 31.8 Å². The lowest BCUT2D eigenvalue weighted by molar-refractivity contribution is -0.139. The van der Waals surface area contributed by atoms with Crippen molar-refractivity contribution in [3.05, 3.63) is 65.3 Å². The second-order valence-electron chi connectivity index (χ2n) is 8.32. The van der Waals surface area contributed by atoms with Crippen molar-refractivity contribution in [3.63, 3.8) is 0 Å². The molecule has 0 bridgehead atoms. The van der Waals surface area contributed by atoms with Gasteiger partial charge >= 0.3 is 0 Å². The third kappa shape index (κ3) is 4.43. The zero-order valence-electron chi connectivity index (χ0n) is 18.4. The van der Waals surface area contributed by atoms with E-state index in [0.29, 0.717) is 40.8 Å². The van der Waals surface area contributed by atoms with E-state index in [1.54, 1.807) is 36.2 Å². The van der Waals surface area contributed by atoms with Gasteiger partial charge in [-0.3, -0.25) is 9.78 Å². The molecule has 1 aliphatic rings. The highest BCUT2D eigenvalue weighted by Gasteiger charge is 2.30. The number of carbonyl (C=O) groups is 1. The Bertz CT molecular complexity index is 1330. The molecule has 2 aromatic heterocycles. The molecule has 4 aromatic rings. The summed E-state index contributed by atoms with van der Waals surface area (Å²) in [6.07, 6.45) is 2.78. The Hall–Kier alpha value is -3.59. The zero-order chi connectivity index (χ0) is 23.7. The van der Waals surface area contributed by atoms with Gasteiger partial charge in [-0.05, 0) is 61.7 Å². The molecule has 3 heterocycles. The quantitative estimate of drug-likeness (QED) is 0.455. The third-order valence-electron chi connectivity index (χ3n) is 6.06. The number of H-pyrrole nitrogens is 1. The van der Waals surface area contributed by atoms with Gasteiger partial charge in [-0.2, -0.15) is 5.21 Å². The van der Waals surface area contributed by atoms with Crippen molar-refractivity contribution < 1.29 is 13.9 Å². The number of fused-ring (bicyclic) bond motifs is 1. The summed E-state index contributed by atoms with van der Waals surface area (Å²) >= 11 is 6.28. The van der Waals surface area contributed by atoms with Gasteiger partial charge < -0.3 is 9.64 Å². The topological polar surface area (TPSA) is 96.9 Å². The molecule has 0 radical (unpaired) electrons. The van der Waals surface area contributed by atoms with Crippen LogP contribution in [0.3, 0.4) is 0 Å². The van der Waals surface area contributed by atoms with Crippen LogP contribution in [0.15, 0.2) is 48.7 Å². The maximum absolute atomic E-state index is 13.5. The number of aromatic amines is 1. The Balaban J connectivity index is 1.33. The highest BCUT2D eigenvalue weighted by atomic mass is 35.5. The van der Waals surface area contributed by atoms with Gasteiger partial charge in [0.2, 0.25) is 0 Å². The molecule has 2 atom stereocenters. The molecule has 0 spiro atoms. The highest BCUT2D eigenvalue weighted by molar-refractivity contribution is 6.33. The smallest absolute Gasteiger partial charge is 0.263 e. The lowest BCUT2D eigenvalue weighted by Crippen LogP contribution is -2.45. The molecule has 10 heteroatoms. The summed E-state index contributed by atoms with van der Waals surface area (Å²) in [5, 5.41) is 15.4. The van der Waals surface area contributed by atoms with Crippen LogP contribution in [-0.4, -0.2) is 55.6 Å². The first-order chi connectivity index (χ1) is 16.5. The summed E-state index contributed by atoms with van der Waals surface area (Å²) in [5.41, 5.74) is 2.24. The van der Waals surface area contributed by atoms with Crippen molar-refractivity contribution in [1.82, 2.24) is 30.5 Å². The minimum absolute atomic E-state index is 0.0604. The number of piperidine rings is 1. The lowest BCUT2D eigenvalue weighted by atomic mass is 9.97. The molecule has 1 saturated heterocycles. The summed E-state index contributed by atoms with van der Waals surface area (Å²) in [6, 6.07) is 11.6. The summed E-state index contributed by atoms with van der Waals surface area (Å²) in [6.45, 7) is 2.95. The van der Waals surface area contributed by atoms with E-state index in [-0.39, 0.29) is 11.8 Å². The van der Waals surface area contributed by atoms with Gasteiger partial charge in [0, 0.05) is 42.2 Å². The van der Waals surface area contributed by atoms with Gasteiger partial charge in [0.1, 0.15) is 11.6 Å². The number of aromatic nitrogens is 5. The molecule has 0 aliphatic carbocycles. The number of likely N-dealkylation sites (tertiary alicyclic amines) is 1. The molecule has 1 unspecified atom stereocenters. The number of ether oxygens (including phenoxy) is 1. The molecule has 1 fully saturated rings. The summed E-state index contributed by atoms with van der Waals surface area (Å²) in [5.74, 6) is 0.746. The molecule has 2 aromatic carbocycles. The highest BCUT2D eigenvalue weighted by Crippen LogP contribution is 2.34. The van der Waals surface area contributed by atoms with Crippen LogP contribution in [-0.2, 0) is 4.79 Å².